The van der Waals surface area contributed by atoms with Crippen LogP contribution in [-0.4, -0.2) is 16.6 Å². The number of carbonyl (C=O) groups is 1. The van der Waals surface area contributed by atoms with Gasteiger partial charge in [-0.25, -0.2) is 0 Å². The molecule has 1 heterocycles. The molecule has 0 fully saturated rings. The molecule has 0 unspecified atom stereocenters. The predicted octanol–water partition coefficient (Wildman–Crippen LogP) is 2.27. The minimum Gasteiger partial charge on any atom is -0.299 e. The maximum Gasteiger partial charge on any atom is 0.138 e. The van der Waals surface area contributed by atoms with Crippen molar-refractivity contribution in [3.63, 3.8) is 0 Å². The molecule has 4 heteroatoms. The number of hydrogen-bond donors (Lipinski definition) is 0. The molecule has 0 radical (unpaired) electrons. The summed E-state index contributed by atoms with van der Waals surface area (Å²) < 4.78 is 0. The van der Waals surface area contributed by atoms with Crippen molar-refractivity contribution >= 4 is 28.7 Å². The molecule has 12 heavy (non-hydrogen) atoms. The minimum atomic E-state index is 0.250. The summed E-state index contributed by atoms with van der Waals surface area (Å²) in [5.74, 6) is 0.814. The first-order valence-corrected chi connectivity index (χ1v) is 5.19. The van der Waals surface area contributed by atoms with Gasteiger partial charge in [0.25, 0.3) is 0 Å². The maximum atomic E-state index is 11.2. The lowest BCUT2D eigenvalue weighted by Gasteiger charge is -1.94. The fourth-order valence-electron chi connectivity index (χ4n) is 0.876. The Morgan fingerprint density at radius 3 is 3.08 bits per heavy atom. The van der Waals surface area contributed by atoms with E-state index < -0.39 is 0 Å². The second-order valence-electron chi connectivity index (χ2n) is 2.48. The van der Waals surface area contributed by atoms with Crippen molar-refractivity contribution in [3.05, 3.63) is 16.6 Å². The first-order valence-electron chi connectivity index (χ1n) is 3.78. The Morgan fingerprint density at radius 2 is 2.50 bits per heavy atom. The van der Waals surface area contributed by atoms with Crippen LogP contribution in [0.25, 0.3) is 0 Å². The SMILES string of the molecule is O=C(CCCCl)Cc1cncs1. The van der Waals surface area contributed by atoms with Gasteiger partial charge >= 0.3 is 0 Å². The summed E-state index contributed by atoms with van der Waals surface area (Å²) in [4.78, 5) is 16.1. The Hall–Kier alpha value is -0.410. The smallest absolute Gasteiger partial charge is 0.138 e. The number of carbonyl (C=O) groups excluding carboxylic acids is 1. The van der Waals surface area contributed by atoms with Crippen LogP contribution < -0.4 is 0 Å². The molecule has 0 amide bonds. The highest BCUT2D eigenvalue weighted by atomic mass is 35.5. The van der Waals surface area contributed by atoms with Gasteiger partial charge in [-0.05, 0) is 6.42 Å². The molecule has 0 bridgehead atoms. The third-order valence-corrected chi connectivity index (χ3v) is 2.49. The van der Waals surface area contributed by atoms with E-state index in [0.29, 0.717) is 18.7 Å². The van der Waals surface area contributed by atoms with E-state index in [-0.39, 0.29) is 5.78 Å². The summed E-state index contributed by atoms with van der Waals surface area (Å²) in [6.07, 6.45) is 3.62. The van der Waals surface area contributed by atoms with Crippen LogP contribution in [-0.2, 0) is 11.2 Å². The molecular formula is C8H10ClNOS. The topological polar surface area (TPSA) is 30.0 Å². The van der Waals surface area contributed by atoms with Crippen molar-refractivity contribution in [3.8, 4) is 0 Å². The quantitative estimate of drug-likeness (QED) is 0.688. The summed E-state index contributed by atoms with van der Waals surface area (Å²) in [5, 5.41) is 0. The summed E-state index contributed by atoms with van der Waals surface area (Å²) in [6, 6.07) is 0. The Kier molecular flexibility index (Phi) is 4.25. The van der Waals surface area contributed by atoms with Crippen LogP contribution in [0, 0.1) is 0 Å². The van der Waals surface area contributed by atoms with E-state index in [0.717, 1.165) is 11.3 Å². The van der Waals surface area contributed by atoms with Crippen LogP contribution in [0.4, 0.5) is 0 Å². The molecule has 2 nitrogen and oxygen atoms in total. The molecule has 0 saturated carbocycles. The lowest BCUT2D eigenvalue weighted by atomic mass is 10.2. The third-order valence-electron chi connectivity index (χ3n) is 1.44. The van der Waals surface area contributed by atoms with Gasteiger partial charge in [0.05, 0.1) is 5.51 Å². The number of ketones is 1. The van der Waals surface area contributed by atoms with Crippen LogP contribution in [0.1, 0.15) is 17.7 Å². The fraction of sp³-hybridized carbons (Fsp3) is 0.500. The van der Waals surface area contributed by atoms with E-state index in [1.807, 2.05) is 0 Å². The second-order valence-corrected chi connectivity index (χ2v) is 3.82. The van der Waals surface area contributed by atoms with E-state index >= 15 is 0 Å². The number of alkyl halides is 1. The Labute approximate surface area is 80.6 Å². The van der Waals surface area contributed by atoms with E-state index in [4.69, 9.17) is 11.6 Å². The molecule has 0 aromatic carbocycles. The lowest BCUT2D eigenvalue weighted by Crippen LogP contribution is -2.01. The van der Waals surface area contributed by atoms with E-state index in [1.54, 1.807) is 11.7 Å². The van der Waals surface area contributed by atoms with Crippen LogP contribution in [0.2, 0.25) is 0 Å². The highest BCUT2D eigenvalue weighted by Gasteiger charge is 2.03. The number of Topliss-reactive ketones (excluding diaryl/α,β-unsaturated/α-hetero) is 1. The van der Waals surface area contributed by atoms with Gasteiger partial charge in [-0.3, -0.25) is 9.78 Å². The molecule has 1 aromatic rings. The van der Waals surface area contributed by atoms with Gasteiger partial charge in [0.2, 0.25) is 0 Å². The third kappa shape index (κ3) is 3.32. The molecule has 0 aliphatic heterocycles. The van der Waals surface area contributed by atoms with Gasteiger partial charge in [-0.2, -0.15) is 0 Å². The summed E-state index contributed by atoms with van der Waals surface area (Å²) in [7, 11) is 0. The summed E-state index contributed by atoms with van der Waals surface area (Å²) >= 11 is 6.99. The zero-order chi connectivity index (χ0) is 8.81. The van der Waals surface area contributed by atoms with E-state index in [2.05, 4.69) is 4.98 Å². The molecule has 1 aromatic heterocycles. The summed E-state index contributed by atoms with van der Waals surface area (Å²) in [5.41, 5.74) is 1.74. The number of rotatable bonds is 5. The fourth-order valence-corrected chi connectivity index (χ4v) is 1.63. The largest absolute Gasteiger partial charge is 0.299 e. The number of aromatic nitrogens is 1. The maximum absolute atomic E-state index is 11.2. The van der Waals surface area contributed by atoms with Crippen LogP contribution >= 0.6 is 22.9 Å². The lowest BCUT2D eigenvalue weighted by molar-refractivity contribution is -0.118. The standard InChI is InChI=1S/C8H10ClNOS/c9-3-1-2-7(11)4-8-5-10-6-12-8/h5-6H,1-4H2. The molecule has 1 rings (SSSR count). The second kappa shape index (κ2) is 5.27. The first-order chi connectivity index (χ1) is 5.83. The molecule has 0 aliphatic rings. The number of thiazole rings is 1. The van der Waals surface area contributed by atoms with Crippen molar-refractivity contribution in [2.45, 2.75) is 19.3 Å². The first kappa shape index (κ1) is 9.68. The highest BCUT2D eigenvalue weighted by molar-refractivity contribution is 7.09. The summed E-state index contributed by atoms with van der Waals surface area (Å²) in [6.45, 7) is 0. The van der Waals surface area contributed by atoms with Crippen LogP contribution in [0.5, 0.6) is 0 Å². The molecule has 0 saturated heterocycles. The zero-order valence-corrected chi connectivity index (χ0v) is 8.20. The van der Waals surface area contributed by atoms with Crippen LogP contribution in [0.3, 0.4) is 0 Å². The predicted molar refractivity (Wildman–Crippen MR) is 50.8 cm³/mol. The van der Waals surface area contributed by atoms with Crippen molar-refractivity contribution in [2.75, 3.05) is 5.88 Å². The van der Waals surface area contributed by atoms with E-state index in [9.17, 15) is 4.79 Å². The zero-order valence-electron chi connectivity index (χ0n) is 6.62. The minimum absolute atomic E-state index is 0.250. The monoisotopic (exact) mass is 203 g/mol. The highest BCUT2D eigenvalue weighted by Crippen LogP contribution is 2.08. The van der Waals surface area contributed by atoms with Gasteiger partial charge in [-0.15, -0.1) is 22.9 Å². The molecule has 0 aliphatic carbocycles. The van der Waals surface area contributed by atoms with Crippen molar-refractivity contribution < 1.29 is 4.79 Å². The molecule has 66 valence electrons. The number of halogens is 1. The average molecular weight is 204 g/mol. The van der Waals surface area contributed by atoms with Crippen molar-refractivity contribution in [1.29, 1.82) is 0 Å². The number of hydrogen-bond acceptors (Lipinski definition) is 3. The average Bonchev–Trinajstić information content (AvgIpc) is 2.53. The molecule has 0 N–H and O–H groups in total. The number of nitrogens with zero attached hydrogens (tertiary/aromatic N) is 1. The van der Waals surface area contributed by atoms with Gasteiger partial charge in [0.1, 0.15) is 5.78 Å². The molecular weight excluding hydrogens is 194 g/mol. The van der Waals surface area contributed by atoms with Gasteiger partial charge in [-0.1, -0.05) is 0 Å². The Bertz CT molecular complexity index is 235. The van der Waals surface area contributed by atoms with E-state index in [1.165, 1.54) is 11.3 Å². The normalized spacial score (nSPS) is 10.1. The van der Waals surface area contributed by atoms with Gasteiger partial charge < -0.3 is 0 Å². The van der Waals surface area contributed by atoms with Crippen molar-refractivity contribution in [2.24, 2.45) is 0 Å². The van der Waals surface area contributed by atoms with Gasteiger partial charge in [0, 0.05) is 29.8 Å². The van der Waals surface area contributed by atoms with Gasteiger partial charge in [0.15, 0.2) is 0 Å². The van der Waals surface area contributed by atoms with Crippen LogP contribution in [0.15, 0.2) is 11.7 Å². The Morgan fingerprint density at radius 1 is 1.67 bits per heavy atom. The molecule has 0 spiro atoms. The molecule has 0 atom stereocenters. The Balaban J connectivity index is 2.27. The van der Waals surface area contributed by atoms with Crippen molar-refractivity contribution in [1.82, 2.24) is 4.98 Å².